The van der Waals surface area contributed by atoms with Crippen LogP contribution < -0.4 is 5.32 Å². The Hall–Kier alpha value is -2.00. The molecule has 2 aromatic rings. The van der Waals surface area contributed by atoms with Crippen LogP contribution in [0.5, 0.6) is 0 Å². The molecular weight excluding hydrogens is 310 g/mol. The number of nitrogens with one attached hydrogen (secondary N) is 1. The maximum atomic E-state index is 11.6. The van der Waals surface area contributed by atoms with E-state index in [0.717, 1.165) is 12.0 Å². The summed E-state index contributed by atoms with van der Waals surface area (Å²) in [6.45, 7) is 4.69. The summed E-state index contributed by atoms with van der Waals surface area (Å²) in [6.07, 6.45) is 0.643. The van der Waals surface area contributed by atoms with Gasteiger partial charge in [0.05, 0.1) is 6.04 Å². The molecule has 2 aliphatic rings. The molecule has 1 atom stereocenters. The highest BCUT2D eigenvalue weighted by Crippen LogP contribution is 2.41. The fraction of sp³-hybridized carbons (Fsp3) is 0.316. The van der Waals surface area contributed by atoms with Gasteiger partial charge >= 0.3 is 6.09 Å². The third-order valence-corrected chi connectivity index (χ3v) is 4.77. The number of carbonyl (C=O) groups is 1. The predicted octanol–water partition coefficient (Wildman–Crippen LogP) is 4.49. The van der Waals surface area contributed by atoms with Crippen molar-refractivity contribution in [3.63, 3.8) is 0 Å². The number of fused-ring (bicyclic) bond motifs is 3. The van der Waals surface area contributed by atoms with Crippen molar-refractivity contribution in [2.75, 3.05) is 6.61 Å². The van der Waals surface area contributed by atoms with Gasteiger partial charge in [0.15, 0.2) is 0 Å². The molecule has 1 aliphatic heterocycles. The van der Waals surface area contributed by atoms with Crippen molar-refractivity contribution in [3.05, 3.63) is 59.2 Å². The van der Waals surface area contributed by atoms with Gasteiger partial charge in [-0.3, -0.25) is 0 Å². The van der Waals surface area contributed by atoms with Crippen LogP contribution in [-0.4, -0.2) is 12.7 Å². The molecule has 1 saturated heterocycles. The molecule has 0 unspecified atom stereocenters. The standard InChI is InChI=1S/C19H19NO2.ClH/c1-19(2)11-22-18(21)20-17(19)13-7-8-16-14(10-13)9-12-5-3-4-6-15(12)16;/h3-8,10,17H,9,11H2,1-2H3,(H,20,21);1H/t17-;/m0./s1. The molecule has 0 aromatic heterocycles. The summed E-state index contributed by atoms with van der Waals surface area (Å²) in [5.41, 5.74) is 6.41. The minimum Gasteiger partial charge on any atom is -0.449 e. The van der Waals surface area contributed by atoms with Crippen molar-refractivity contribution in [1.82, 2.24) is 5.32 Å². The van der Waals surface area contributed by atoms with E-state index in [1.54, 1.807) is 0 Å². The fourth-order valence-corrected chi connectivity index (χ4v) is 3.57. The van der Waals surface area contributed by atoms with Gasteiger partial charge in [0.2, 0.25) is 0 Å². The molecule has 2 aromatic carbocycles. The van der Waals surface area contributed by atoms with E-state index in [2.05, 4.69) is 61.6 Å². The van der Waals surface area contributed by atoms with Gasteiger partial charge in [-0.05, 0) is 34.2 Å². The van der Waals surface area contributed by atoms with Crippen LogP contribution in [0.1, 0.15) is 36.6 Å². The summed E-state index contributed by atoms with van der Waals surface area (Å²) in [6, 6.07) is 15.1. The van der Waals surface area contributed by atoms with E-state index in [0.29, 0.717) is 6.61 Å². The van der Waals surface area contributed by atoms with Crippen molar-refractivity contribution >= 4 is 18.5 Å². The van der Waals surface area contributed by atoms with Crippen LogP contribution in [0, 0.1) is 5.41 Å². The number of hydrogen-bond donors (Lipinski definition) is 1. The van der Waals surface area contributed by atoms with E-state index in [1.165, 1.54) is 22.3 Å². The lowest BCUT2D eigenvalue weighted by atomic mass is 9.79. The maximum absolute atomic E-state index is 11.6. The van der Waals surface area contributed by atoms with Crippen LogP contribution in [0.4, 0.5) is 4.79 Å². The van der Waals surface area contributed by atoms with Crippen LogP contribution >= 0.6 is 12.4 Å². The lowest BCUT2D eigenvalue weighted by Crippen LogP contribution is -2.46. The summed E-state index contributed by atoms with van der Waals surface area (Å²) in [4.78, 5) is 11.6. The van der Waals surface area contributed by atoms with Crippen LogP contribution in [0.2, 0.25) is 0 Å². The number of amides is 1. The average Bonchev–Trinajstić information content (AvgIpc) is 2.87. The molecule has 1 aliphatic carbocycles. The maximum Gasteiger partial charge on any atom is 0.407 e. The second kappa shape index (κ2) is 5.57. The normalized spacial score (nSPS) is 20.6. The largest absolute Gasteiger partial charge is 0.449 e. The molecule has 0 spiro atoms. The number of alkyl carbamates (subject to hydrolysis) is 1. The van der Waals surface area contributed by atoms with Crippen molar-refractivity contribution in [2.45, 2.75) is 26.3 Å². The Morgan fingerprint density at radius 2 is 1.83 bits per heavy atom. The molecule has 4 heteroatoms. The minimum absolute atomic E-state index is 0. The molecule has 120 valence electrons. The van der Waals surface area contributed by atoms with Gasteiger partial charge < -0.3 is 10.1 Å². The van der Waals surface area contributed by atoms with E-state index >= 15 is 0 Å². The molecule has 0 bridgehead atoms. The quantitative estimate of drug-likeness (QED) is 0.714. The van der Waals surface area contributed by atoms with E-state index < -0.39 is 0 Å². The molecule has 4 rings (SSSR count). The smallest absolute Gasteiger partial charge is 0.407 e. The molecule has 0 radical (unpaired) electrons. The summed E-state index contributed by atoms with van der Waals surface area (Å²) in [5, 5.41) is 2.97. The second-order valence-electron chi connectivity index (χ2n) is 6.89. The highest BCUT2D eigenvalue weighted by Gasteiger charge is 2.38. The van der Waals surface area contributed by atoms with E-state index in [1.807, 2.05) is 0 Å². The highest BCUT2D eigenvalue weighted by atomic mass is 35.5. The van der Waals surface area contributed by atoms with Crippen LogP contribution in [0.25, 0.3) is 11.1 Å². The topological polar surface area (TPSA) is 38.3 Å². The number of hydrogen-bond acceptors (Lipinski definition) is 2. The number of carbonyl (C=O) groups excluding carboxylic acids is 1. The third-order valence-electron chi connectivity index (χ3n) is 4.77. The summed E-state index contributed by atoms with van der Waals surface area (Å²) >= 11 is 0. The number of benzene rings is 2. The lowest BCUT2D eigenvalue weighted by molar-refractivity contribution is 0.0387. The van der Waals surface area contributed by atoms with Crippen molar-refractivity contribution < 1.29 is 9.53 Å². The third kappa shape index (κ3) is 2.59. The van der Waals surface area contributed by atoms with Gasteiger partial charge in [-0.15, -0.1) is 12.4 Å². The summed E-state index contributed by atoms with van der Waals surface area (Å²) in [5.74, 6) is 0. The SMILES string of the molecule is CC1(C)COC(=O)N[C@H]1c1ccc2c(c1)Cc1ccccc1-2.Cl. The summed E-state index contributed by atoms with van der Waals surface area (Å²) < 4.78 is 5.14. The Morgan fingerprint density at radius 1 is 1.09 bits per heavy atom. The second-order valence-corrected chi connectivity index (χ2v) is 6.89. The van der Waals surface area contributed by atoms with Crippen molar-refractivity contribution in [1.29, 1.82) is 0 Å². The van der Waals surface area contributed by atoms with E-state index in [9.17, 15) is 4.79 Å². The van der Waals surface area contributed by atoms with Crippen molar-refractivity contribution in [2.24, 2.45) is 5.41 Å². The van der Waals surface area contributed by atoms with Gasteiger partial charge in [0.25, 0.3) is 0 Å². The molecular formula is C19H20ClNO2. The van der Waals surface area contributed by atoms with Gasteiger partial charge in [-0.25, -0.2) is 4.79 Å². The Bertz CT molecular complexity index is 770. The fourth-order valence-electron chi connectivity index (χ4n) is 3.57. The zero-order valence-electron chi connectivity index (χ0n) is 13.3. The zero-order chi connectivity index (χ0) is 15.3. The predicted molar refractivity (Wildman–Crippen MR) is 92.9 cm³/mol. The van der Waals surface area contributed by atoms with Gasteiger partial charge in [0, 0.05) is 5.41 Å². The first kappa shape index (κ1) is 15.9. The molecule has 1 amide bonds. The highest BCUT2D eigenvalue weighted by molar-refractivity contribution is 5.85. The molecule has 23 heavy (non-hydrogen) atoms. The van der Waals surface area contributed by atoms with Crippen molar-refractivity contribution in [3.8, 4) is 11.1 Å². The minimum atomic E-state index is -0.326. The monoisotopic (exact) mass is 329 g/mol. The Balaban J connectivity index is 0.00000156. The van der Waals surface area contributed by atoms with E-state index in [-0.39, 0.29) is 30.0 Å². The first-order chi connectivity index (χ1) is 10.5. The van der Waals surface area contributed by atoms with Gasteiger partial charge in [-0.2, -0.15) is 0 Å². The Labute approximate surface area is 142 Å². The number of ether oxygens (including phenoxy) is 1. The van der Waals surface area contributed by atoms with Gasteiger partial charge in [0.1, 0.15) is 6.61 Å². The van der Waals surface area contributed by atoms with E-state index in [4.69, 9.17) is 4.74 Å². The molecule has 1 N–H and O–H groups in total. The Kier molecular flexibility index (Phi) is 3.85. The average molecular weight is 330 g/mol. The molecule has 1 heterocycles. The Morgan fingerprint density at radius 3 is 2.65 bits per heavy atom. The number of rotatable bonds is 1. The first-order valence-corrected chi connectivity index (χ1v) is 7.69. The lowest BCUT2D eigenvalue weighted by Gasteiger charge is -2.38. The summed E-state index contributed by atoms with van der Waals surface area (Å²) in [7, 11) is 0. The van der Waals surface area contributed by atoms with Crippen LogP contribution in [-0.2, 0) is 11.2 Å². The molecule has 3 nitrogen and oxygen atoms in total. The zero-order valence-corrected chi connectivity index (χ0v) is 14.1. The van der Waals surface area contributed by atoms with Gasteiger partial charge in [-0.1, -0.05) is 56.3 Å². The number of cyclic esters (lactones) is 1. The van der Waals surface area contributed by atoms with Crippen LogP contribution in [0.15, 0.2) is 42.5 Å². The number of halogens is 1. The molecule has 1 fully saturated rings. The molecule has 0 saturated carbocycles. The van der Waals surface area contributed by atoms with Crippen LogP contribution in [0.3, 0.4) is 0 Å². The first-order valence-electron chi connectivity index (χ1n) is 7.69.